The van der Waals surface area contributed by atoms with Crippen molar-refractivity contribution in [3.05, 3.63) is 47.8 Å². The van der Waals surface area contributed by atoms with Gasteiger partial charge >= 0.3 is 0 Å². The van der Waals surface area contributed by atoms with Gasteiger partial charge in [0.1, 0.15) is 0 Å². The molecule has 28 heavy (non-hydrogen) atoms. The lowest BCUT2D eigenvalue weighted by molar-refractivity contribution is -0.136. The summed E-state index contributed by atoms with van der Waals surface area (Å²) in [4.78, 5) is 40.0. The van der Waals surface area contributed by atoms with E-state index in [-0.39, 0.29) is 24.2 Å². The Hall–Kier alpha value is -2.96. The summed E-state index contributed by atoms with van der Waals surface area (Å²) in [5, 5.41) is 0. The fourth-order valence-corrected chi connectivity index (χ4v) is 4.16. The monoisotopic (exact) mass is 379 g/mol. The highest BCUT2D eigenvalue weighted by molar-refractivity contribution is 6.01. The van der Waals surface area contributed by atoms with Gasteiger partial charge in [-0.15, -0.1) is 0 Å². The third kappa shape index (κ3) is 3.44. The number of aryl methyl sites for hydroxylation is 2. The third-order valence-corrected chi connectivity index (χ3v) is 5.61. The van der Waals surface area contributed by atoms with Gasteiger partial charge in [0, 0.05) is 57.2 Å². The summed E-state index contributed by atoms with van der Waals surface area (Å²) < 4.78 is 0. The fraction of sp³-hybridized carbons (Fsp3) is 0.429. The summed E-state index contributed by atoms with van der Waals surface area (Å²) in [5.41, 5.74) is 3.09. The molecule has 2 aliphatic heterocycles. The molecule has 0 spiro atoms. The van der Waals surface area contributed by atoms with Crippen LogP contribution in [0.4, 0.5) is 11.6 Å². The van der Waals surface area contributed by atoms with Crippen molar-refractivity contribution in [2.45, 2.75) is 20.3 Å². The van der Waals surface area contributed by atoms with Crippen LogP contribution in [-0.4, -0.2) is 59.4 Å². The Morgan fingerprint density at radius 2 is 1.64 bits per heavy atom. The van der Waals surface area contributed by atoms with Gasteiger partial charge in [-0.25, -0.2) is 9.97 Å². The van der Waals surface area contributed by atoms with E-state index in [2.05, 4.69) is 14.9 Å². The summed E-state index contributed by atoms with van der Waals surface area (Å²) in [6, 6.07) is 7.81. The van der Waals surface area contributed by atoms with E-state index in [0.29, 0.717) is 38.7 Å². The molecule has 2 fully saturated rings. The molecule has 1 unspecified atom stereocenters. The van der Waals surface area contributed by atoms with E-state index in [1.807, 2.05) is 36.9 Å². The van der Waals surface area contributed by atoms with E-state index in [4.69, 9.17) is 0 Å². The van der Waals surface area contributed by atoms with E-state index in [0.717, 1.165) is 16.8 Å². The molecule has 2 saturated heterocycles. The number of rotatable bonds is 3. The van der Waals surface area contributed by atoms with Crippen molar-refractivity contribution >= 4 is 23.5 Å². The first-order valence-electron chi connectivity index (χ1n) is 9.72. The molecule has 0 N–H and O–H groups in total. The SMILES string of the molecule is Cc1cccc(C)c1N1CC(C(=O)N2CCN(c3ncccn3)CC2)CC1=O. The molecule has 2 aliphatic rings. The predicted molar refractivity (Wildman–Crippen MR) is 107 cm³/mol. The van der Waals surface area contributed by atoms with E-state index in [1.54, 1.807) is 23.4 Å². The highest BCUT2D eigenvalue weighted by Gasteiger charge is 2.38. The Bertz CT molecular complexity index is 857. The molecule has 0 radical (unpaired) electrons. The zero-order valence-corrected chi connectivity index (χ0v) is 16.3. The molecule has 0 aliphatic carbocycles. The minimum absolute atomic E-state index is 0.0343. The summed E-state index contributed by atoms with van der Waals surface area (Å²) in [6.45, 7) is 7.15. The molecule has 4 rings (SSSR count). The van der Waals surface area contributed by atoms with Gasteiger partial charge in [0.2, 0.25) is 17.8 Å². The average molecular weight is 379 g/mol. The van der Waals surface area contributed by atoms with Crippen LogP contribution in [0.5, 0.6) is 0 Å². The first-order chi connectivity index (χ1) is 13.5. The van der Waals surface area contributed by atoms with Crippen LogP contribution in [0.1, 0.15) is 17.5 Å². The summed E-state index contributed by atoms with van der Waals surface area (Å²) in [6.07, 6.45) is 3.74. The maximum atomic E-state index is 13.0. The molecule has 2 amide bonds. The number of anilines is 2. The minimum Gasteiger partial charge on any atom is -0.339 e. The molecular formula is C21H25N5O2. The van der Waals surface area contributed by atoms with Crippen LogP contribution in [0, 0.1) is 19.8 Å². The van der Waals surface area contributed by atoms with E-state index in [1.165, 1.54) is 0 Å². The van der Waals surface area contributed by atoms with Crippen molar-refractivity contribution in [3.8, 4) is 0 Å². The Morgan fingerprint density at radius 3 is 2.29 bits per heavy atom. The van der Waals surface area contributed by atoms with Crippen LogP contribution < -0.4 is 9.80 Å². The second kappa shape index (κ2) is 7.58. The third-order valence-electron chi connectivity index (χ3n) is 5.61. The number of para-hydroxylation sites is 1. The van der Waals surface area contributed by atoms with Crippen molar-refractivity contribution in [2.75, 3.05) is 42.5 Å². The maximum Gasteiger partial charge on any atom is 0.228 e. The van der Waals surface area contributed by atoms with E-state index >= 15 is 0 Å². The molecule has 0 saturated carbocycles. The highest BCUT2D eigenvalue weighted by atomic mass is 16.2. The van der Waals surface area contributed by atoms with Crippen LogP contribution >= 0.6 is 0 Å². The molecule has 1 atom stereocenters. The zero-order valence-electron chi connectivity index (χ0n) is 16.3. The standard InChI is InChI=1S/C21H25N5O2/c1-15-5-3-6-16(2)19(15)26-14-17(13-18(26)27)20(28)24-9-11-25(12-10-24)21-22-7-4-8-23-21/h3-8,17H,9-14H2,1-2H3. The number of hydrogen-bond donors (Lipinski definition) is 0. The fourth-order valence-electron chi connectivity index (χ4n) is 4.16. The van der Waals surface area contributed by atoms with E-state index < -0.39 is 0 Å². The largest absolute Gasteiger partial charge is 0.339 e. The second-order valence-corrected chi connectivity index (χ2v) is 7.51. The number of nitrogens with zero attached hydrogens (tertiary/aromatic N) is 5. The maximum absolute atomic E-state index is 13.0. The normalized spacial score (nSPS) is 20.0. The quantitative estimate of drug-likeness (QED) is 0.813. The number of benzene rings is 1. The highest BCUT2D eigenvalue weighted by Crippen LogP contribution is 2.31. The summed E-state index contributed by atoms with van der Waals surface area (Å²) in [7, 11) is 0. The summed E-state index contributed by atoms with van der Waals surface area (Å²) >= 11 is 0. The van der Waals surface area contributed by atoms with Gasteiger partial charge in [0.15, 0.2) is 0 Å². The topological polar surface area (TPSA) is 69.6 Å². The minimum atomic E-state index is -0.272. The predicted octanol–water partition coefficient (Wildman–Crippen LogP) is 1.80. The van der Waals surface area contributed by atoms with Crippen molar-refractivity contribution < 1.29 is 9.59 Å². The lowest BCUT2D eigenvalue weighted by Crippen LogP contribution is -2.51. The molecule has 146 valence electrons. The number of piperazine rings is 1. The van der Waals surface area contributed by atoms with Crippen LogP contribution in [0.25, 0.3) is 0 Å². The number of carbonyl (C=O) groups is 2. The van der Waals surface area contributed by atoms with Crippen molar-refractivity contribution in [3.63, 3.8) is 0 Å². The van der Waals surface area contributed by atoms with Gasteiger partial charge in [-0.3, -0.25) is 9.59 Å². The number of aromatic nitrogens is 2. The Balaban J connectivity index is 1.41. The molecule has 1 aromatic heterocycles. The van der Waals surface area contributed by atoms with Crippen LogP contribution in [0.15, 0.2) is 36.7 Å². The molecule has 1 aromatic carbocycles. The molecule has 7 nitrogen and oxygen atoms in total. The zero-order chi connectivity index (χ0) is 19.7. The second-order valence-electron chi connectivity index (χ2n) is 7.51. The van der Waals surface area contributed by atoms with Gasteiger partial charge in [0.05, 0.1) is 5.92 Å². The molecule has 7 heteroatoms. The summed E-state index contributed by atoms with van der Waals surface area (Å²) in [5.74, 6) is 0.542. The first kappa shape index (κ1) is 18.4. The lowest BCUT2D eigenvalue weighted by atomic mass is 10.1. The van der Waals surface area contributed by atoms with Gasteiger partial charge in [-0.05, 0) is 31.0 Å². The Morgan fingerprint density at radius 1 is 1.00 bits per heavy atom. The van der Waals surface area contributed by atoms with Gasteiger partial charge in [-0.1, -0.05) is 18.2 Å². The Kier molecular flexibility index (Phi) is 4.98. The Labute approximate surface area is 165 Å². The smallest absolute Gasteiger partial charge is 0.228 e. The van der Waals surface area contributed by atoms with Gasteiger partial charge in [-0.2, -0.15) is 0 Å². The van der Waals surface area contributed by atoms with Crippen LogP contribution in [0.2, 0.25) is 0 Å². The number of hydrogen-bond acceptors (Lipinski definition) is 5. The van der Waals surface area contributed by atoms with Crippen LogP contribution in [-0.2, 0) is 9.59 Å². The molecular weight excluding hydrogens is 354 g/mol. The first-order valence-corrected chi connectivity index (χ1v) is 9.72. The van der Waals surface area contributed by atoms with E-state index in [9.17, 15) is 9.59 Å². The van der Waals surface area contributed by atoms with Crippen molar-refractivity contribution in [1.82, 2.24) is 14.9 Å². The van der Waals surface area contributed by atoms with Crippen molar-refractivity contribution in [1.29, 1.82) is 0 Å². The number of amides is 2. The van der Waals surface area contributed by atoms with Gasteiger partial charge < -0.3 is 14.7 Å². The van der Waals surface area contributed by atoms with Crippen LogP contribution in [0.3, 0.4) is 0 Å². The molecule has 0 bridgehead atoms. The molecule has 2 aromatic rings. The van der Waals surface area contributed by atoms with Gasteiger partial charge in [0.25, 0.3) is 0 Å². The molecule has 3 heterocycles. The lowest BCUT2D eigenvalue weighted by Gasteiger charge is -2.35. The number of carbonyl (C=O) groups excluding carboxylic acids is 2. The van der Waals surface area contributed by atoms with Crippen molar-refractivity contribution in [2.24, 2.45) is 5.92 Å². The average Bonchev–Trinajstić information content (AvgIpc) is 3.09.